The predicted octanol–water partition coefficient (Wildman–Crippen LogP) is 2.08. The summed E-state index contributed by atoms with van der Waals surface area (Å²) in [4.78, 5) is 19.6. The van der Waals surface area contributed by atoms with E-state index >= 15 is 0 Å². The number of piperidine rings is 1. The fourth-order valence-corrected chi connectivity index (χ4v) is 3.69. The van der Waals surface area contributed by atoms with E-state index in [1.165, 1.54) is 0 Å². The number of nitrogens with zero attached hydrogens (tertiary/aromatic N) is 4. The standard InChI is InChI=1S/C22H25N5O2/c28-19-8-13-26(14-9-19)21(18-5-2-1-3-6-18)22(29)24-16-17-7-11-23-20(15-17)27-12-4-10-25-27/h1-7,10-12,15,19,21,28H,8-9,13-14,16H2,(H,24,29). The molecule has 3 aromatic rings. The highest BCUT2D eigenvalue weighted by molar-refractivity contribution is 5.83. The summed E-state index contributed by atoms with van der Waals surface area (Å²) in [6, 6.07) is 15.1. The van der Waals surface area contributed by atoms with Gasteiger partial charge in [-0.1, -0.05) is 30.3 Å². The number of carbonyl (C=O) groups excluding carboxylic acids is 1. The third-order valence-corrected chi connectivity index (χ3v) is 5.24. The minimum atomic E-state index is -0.365. The maximum atomic E-state index is 13.2. The van der Waals surface area contributed by atoms with E-state index in [9.17, 15) is 9.90 Å². The molecule has 150 valence electrons. The van der Waals surface area contributed by atoms with Crippen LogP contribution in [0.1, 0.15) is 30.0 Å². The number of carbonyl (C=O) groups is 1. The van der Waals surface area contributed by atoms with E-state index in [0.717, 1.165) is 11.1 Å². The maximum absolute atomic E-state index is 13.2. The van der Waals surface area contributed by atoms with Crippen molar-refractivity contribution in [3.8, 4) is 5.82 Å². The number of hydrogen-bond donors (Lipinski definition) is 2. The van der Waals surface area contributed by atoms with E-state index in [0.29, 0.717) is 38.3 Å². The van der Waals surface area contributed by atoms with Crippen molar-refractivity contribution in [3.63, 3.8) is 0 Å². The summed E-state index contributed by atoms with van der Waals surface area (Å²) in [5.41, 5.74) is 1.92. The van der Waals surface area contributed by atoms with Gasteiger partial charge in [-0.15, -0.1) is 0 Å². The number of benzene rings is 1. The Balaban J connectivity index is 1.48. The van der Waals surface area contributed by atoms with Gasteiger partial charge in [-0.05, 0) is 42.2 Å². The molecule has 0 bridgehead atoms. The average Bonchev–Trinajstić information content (AvgIpc) is 3.30. The number of rotatable bonds is 6. The summed E-state index contributed by atoms with van der Waals surface area (Å²) in [5.74, 6) is 0.677. The van der Waals surface area contributed by atoms with E-state index in [4.69, 9.17) is 0 Å². The summed E-state index contributed by atoms with van der Waals surface area (Å²) in [6.45, 7) is 1.81. The smallest absolute Gasteiger partial charge is 0.242 e. The molecule has 0 aliphatic carbocycles. The maximum Gasteiger partial charge on any atom is 0.242 e. The topological polar surface area (TPSA) is 83.3 Å². The van der Waals surface area contributed by atoms with Crippen molar-refractivity contribution < 1.29 is 9.90 Å². The summed E-state index contributed by atoms with van der Waals surface area (Å²) in [7, 11) is 0. The van der Waals surface area contributed by atoms with Crippen LogP contribution in [0.2, 0.25) is 0 Å². The van der Waals surface area contributed by atoms with Crippen LogP contribution in [0, 0.1) is 0 Å². The predicted molar refractivity (Wildman–Crippen MR) is 109 cm³/mol. The van der Waals surface area contributed by atoms with Crippen LogP contribution in [0.15, 0.2) is 67.1 Å². The molecule has 2 aromatic heterocycles. The first-order valence-corrected chi connectivity index (χ1v) is 9.90. The number of nitrogens with one attached hydrogen (secondary N) is 1. The van der Waals surface area contributed by atoms with Crippen molar-refractivity contribution in [1.82, 2.24) is 25.0 Å². The average molecular weight is 391 g/mol. The Morgan fingerprint density at radius 2 is 1.93 bits per heavy atom. The second-order valence-corrected chi connectivity index (χ2v) is 7.27. The number of hydrogen-bond acceptors (Lipinski definition) is 5. The third-order valence-electron chi connectivity index (χ3n) is 5.24. The first kappa shape index (κ1) is 19.3. The Hall–Kier alpha value is -3.03. The number of aliphatic hydroxyl groups is 1. The molecule has 0 radical (unpaired) electrons. The van der Waals surface area contributed by atoms with Gasteiger partial charge in [0.1, 0.15) is 6.04 Å². The molecule has 1 aliphatic rings. The van der Waals surface area contributed by atoms with Gasteiger partial charge in [0.2, 0.25) is 5.91 Å². The van der Waals surface area contributed by atoms with Crippen molar-refractivity contribution in [2.75, 3.05) is 13.1 Å². The lowest BCUT2D eigenvalue weighted by Gasteiger charge is -2.35. The first-order chi connectivity index (χ1) is 14.2. The van der Waals surface area contributed by atoms with Gasteiger partial charge >= 0.3 is 0 Å². The monoisotopic (exact) mass is 391 g/mol. The normalized spacial score (nSPS) is 16.4. The van der Waals surface area contributed by atoms with Crippen LogP contribution in [-0.2, 0) is 11.3 Å². The van der Waals surface area contributed by atoms with Crippen molar-refractivity contribution in [2.24, 2.45) is 0 Å². The third kappa shape index (κ3) is 4.70. The van der Waals surface area contributed by atoms with Gasteiger partial charge < -0.3 is 10.4 Å². The van der Waals surface area contributed by atoms with Crippen molar-refractivity contribution >= 4 is 5.91 Å². The quantitative estimate of drug-likeness (QED) is 0.672. The SMILES string of the molecule is O=C(NCc1ccnc(-n2cccn2)c1)C(c1ccccc1)N1CCC(O)CC1. The van der Waals surface area contributed by atoms with E-state index in [1.807, 2.05) is 54.7 Å². The lowest BCUT2D eigenvalue weighted by atomic mass is 9.99. The molecule has 7 heteroatoms. The second kappa shape index (κ2) is 8.98. The number of pyridine rings is 1. The molecule has 3 heterocycles. The van der Waals surface area contributed by atoms with Gasteiger partial charge in [-0.3, -0.25) is 9.69 Å². The van der Waals surface area contributed by atoms with Gasteiger partial charge in [0, 0.05) is 38.2 Å². The molecule has 7 nitrogen and oxygen atoms in total. The molecule has 1 amide bonds. The zero-order valence-electron chi connectivity index (χ0n) is 16.2. The van der Waals surface area contributed by atoms with Crippen LogP contribution in [0.4, 0.5) is 0 Å². The van der Waals surface area contributed by atoms with Crippen molar-refractivity contribution in [2.45, 2.75) is 31.5 Å². The minimum absolute atomic E-state index is 0.0370. The molecule has 2 N–H and O–H groups in total. The highest BCUT2D eigenvalue weighted by Crippen LogP contribution is 2.25. The highest BCUT2D eigenvalue weighted by atomic mass is 16.3. The molecule has 1 unspecified atom stereocenters. The Morgan fingerprint density at radius 3 is 2.66 bits per heavy atom. The lowest BCUT2D eigenvalue weighted by Crippen LogP contribution is -2.45. The molecular weight excluding hydrogens is 366 g/mol. The first-order valence-electron chi connectivity index (χ1n) is 9.90. The summed E-state index contributed by atoms with van der Waals surface area (Å²) in [6.07, 6.45) is 6.36. The second-order valence-electron chi connectivity index (χ2n) is 7.27. The zero-order valence-corrected chi connectivity index (χ0v) is 16.2. The van der Waals surface area contributed by atoms with Crippen LogP contribution < -0.4 is 5.32 Å². The Morgan fingerprint density at radius 1 is 1.14 bits per heavy atom. The van der Waals surface area contributed by atoms with E-state index in [1.54, 1.807) is 17.1 Å². The fourth-order valence-electron chi connectivity index (χ4n) is 3.69. The lowest BCUT2D eigenvalue weighted by molar-refractivity contribution is -0.127. The Bertz CT molecular complexity index is 921. The molecule has 0 saturated carbocycles. The van der Waals surface area contributed by atoms with Crippen LogP contribution in [0.5, 0.6) is 0 Å². The Kier molecular flexibility index (Phi) is 5.97. The van der Waals surface area contributed by atoms with E-state index in [2.05, 4.69) is 20.3 Å². The molecular formula is C22H25N5O2. The van der Waals surface area contributed by atoms with Gasteiger partial charge in [-0.25, -0.2) is 9.67 Å². The molecule has 1 atom stereocenters. The molecule has 1 aliphatic heterocycles. The summed E-state index contributed by atoms with van der Waals surface area (Å²) in [5, 5.41) is 17.1. The van der Waals surface area contributed by atoms with Gasteiger partial charge in [0.05, 0.1) is 6.10 Å². The number of likely N-dealkylation sites (tertiary alicyclic amines) is 1. The molecule has 1 fully saturated rings. The minimum Gasteiger partial charge on any atom is -0.393 e. The molecule has 1 saturated heterocycles. The number of aliphatic hydroxyl groups excluding tert-OH is 1. The number of aromatic nitrogens is 3. The van der Waals surface area contributed by atoms with Gasteiger partial charge in [0.15, 0.2) is 5.82 Å². The van der Waals surface area contributed by atoms with Crippen LogP contribution >= 0.6 is 0 Å². The van der Waals surface area contributed by atoms with Crippen molar-refractivity contribution in [1.29, 1.82) is 0 Å². The van der Waals surface area contributed by atoms with E-state index in [-0.39, 0.29) is 18.1 Å². The van der Waals surface area contributed by atoms with Gasteiger partial charge in [-0.2, -0.15) is 5.10 Å². The molecule has 4 rings (SSSR count). The molecule has 0 spiro atoms. The van der Waals surface area contributed by atoms with Crippen molar-refractivity contribution in [3.05, 3.63) is 78.2 Å². The number of amides is 1. The fraction of sp³-hybridized carbons (Fsp3) is 0.318. The zero-order chi connectivity index (χ0) is 20.1. The van der Waals surface area contributed by atoms with Crippen LogP contribution in [0.25, 0.3) is 5.82 Å². The van der Waals surface area contributed by atoms with Crippen LogP contribution in [-0.4, -0.2) is 49.9 Å². The van der Waals surface area contributed by atoms with E-state index < -0.39 is 0 Å². The largest absolute Gasteiger partial charge is 0.393 e. The summed E-state index contributed by atoms with van der Waals surface area (Å²) < 4.78 is 1.69. The van der Waals surface area contributed by atoms with Crippen LogP contribution in [0.3, 0.4) is 0 Å². The molecule has 29 heavy (non-hydrogen) atoms. The highest BCUT2D eigenvalue weighted by Gasteiger charge is 2.30. The summed E-state index contributed by atoms with van der Waals surface area (Å²) >= 11 is 0. The molecule has 1 aromatic carbocycles. The van der Waals surface area contributed by atoms with Gasteiger partial charge in [0.25, 0.3) is 0 Å². The Labute approximate surface area is 170 Å².